The van der Waals surface area contributed by atoms with Crippen molar-refractivity contribution in [3.8, 4) is 21.9 Å². The van der Waals surface area contributed by atoms with Crippen LogP contribution < -0.4 is 4.74 Å². The number of benzene rings is 3. The fraction of sp³-hybridized carbons (Fsp3) is 0.364. The number of hydrogen-bond donors (Lipinski definition) is 1. The Morgan fingerprint density at radius 2 is 1.62 bits per heavy atom. The normalized spacial score (nSPS) is 16.3. The molecular formula is C33H36N2O3S. The average molecular weight is 541 g/mol. The van der Waals surface area contributed by atoms with E-state index in [0.717, 1.165) is 64.4 Å². The third-order valence-corrected chi connectivity index (χ3v) is 9.38. The molecule has 0 aliphatic carbocycles. The number of fused-ring (bicyclic) bond motifs is 1. The van der Waals surface area contributed by atoms with Gasteiger partial charge in [0.2, 0.25) is 0 Å². The molecule has 4 aromatic rings. The number of carbonyl (C=O) groups excluding carboxylic acids is 1. The molecule has 2 saturated heterocycles. The third kappa shape index (κ3) is 5.60. The molecule has 202 valence electrons. The summed E-state index contributed by atoms with van der Waals surface area (Å²) in [6, 6.07) is 19.8. The van der Waals surface area contributed by atoms with E-state index in [1.807, 2.05) is 24.3 Å². The lowest BCUT2D eigenvalue weighted by atomic mass is 9.96. The van der Waals surface area contributed by atoms with Crippen molar-refractivity contribution < 1.29 is 14.6 Å². The summed E-state index contributed by atoms with van der Waals surface area (Å²) in [6.07, 6.45) is 6.13. The summed E-state index contributed by atoms with van der Waals surface area (Å²) < 4.78 is 6.65. The van der Waals surface area contributed by atoms with Gasteiger partial charge in [-0.2, -0.15) is 0 Å². The first-order valence-electron chi connectivity index (χ1n) is 14.1. The maximum Gasteiger partial charge on any atom is 0.195 e. The highest BCUT2D eigenvalue weighted by molar-refractivity contribution is 7.22. The van der Waals surface area contributed by atoms with Crippen molar-refractivity contribution in [1.82, 2.24) is 9.80 Å². The van der Waals surface area contributed by atoms with E-state index in [1.165, 1.54) is 44.3 Å². The minimum atomic E-state index is -0.0222. The molecule has 5 nitrogen and oxygen atoms in total. The second kappa shape index (κ2) is 11.5. The molecule has 1 N–H and O–H groups in total. The number of aromatic hydroxyl groups is 1. The number of ketones is 1. The lowest BCUT2D eigenvalue weighted by molar-refractivity contribution is 0.104. The summed E-state index contributed by atoms with van der Waals surface area (Å²) in [5, 5.41) is 11.0. The maximum absolute atomic E-state index is 14.1. The Morgan fingerprint density at radius 1 is 0.897 bits per heavy atom. The lowest BCUT2D eigenvalue weighted by Crippen LogP contribution is -2.21. The molecular weight excluding hydrogens is 504 g/mol. The van der Waals surface area contributed by atoms with Gasteiger partial charge >= 0.3 is 0 Å². The highest BCUT2D eigenvalue weighted by atomic mass is 32.1. The molecule has 6 heteroatoms. The number of phenolic OH excluding ortho intramolecular Hbond substituents is 1. The second-order valence-electron chi connectivity index (χ2n) is 10.8. The fourth-order valence-corrected chi connectivity index (χ4v) is 7.21. The Kier molecular flexibility index (Phi) is 7.69. The molecule has 3 aromatic carbocycles. The van der Waals surface area contributed by atoms with Gasteiger partial charge in [-0.05, 0) is 93.7 Å². The molecule has 0 radical (unpaired) electrons. The zero-order chi connectivity index (χ0) is 26.8. The Hall–Kier alpha value is -3.19. The molecule has 39 heavy (non-hydrogen) atoms. The van der Waals surface area contributed by atoms with Gasteiger partial charge in [0, 0.05) is 44.7 Å². The predicted molar refractivity (Wildman–Crippen MR) is 159 cm³/mol. The Morgan fingerprint density at radius 3 is 2.33 bits per heavy atom. The minimum absolute atomic E-state index is 0.0222. The van der Waals surface area contributed by atoms with Crippen molar-refractivity contribution >= 4 is 27.2 Å². The van der Waals surface area contributed by atoms with Crippen LogP contribution in [0, 0.1) is 0 Å². The van der Waals surface area contributed by atoms with Gasteiger partial charge in [0.25, 0.3) is 0 Å². The van der Waals surface area contributed by atoms with E-state index in [1.54, 1.807) is 30.6 Å². The average Bonchev–Trinajstić information content (AvgIpc) is 3.73. The summed E-state index contributed by atoms with van der Waals surface area (Å²) >= 11 is 1.56. The van der Waals surface area contributed by atoms with E-state index >= 15 is 0 Å². The number of methoxy groups -OCH3 is 1. The van der Waals surface area contributed by atoms with Crippen LogP contribution in [0.5, 0.6) is 11.5 Å². The van der Waals surface area contributed by atoms with Crippen molar-refractivity contribution in [2.75, 3.05) is 39.8 Å². The molecule has 1 aromatic heterocycles. The Labute approximate surface area is 234 Å². The molecule has 0 unspecified atom stereocenters. The quantitative estimate of drug-likeness (QED) is 0.238. The molecule has 2 fully saturated rings. The highest BCUT2D eigenvalue weighted by Crippen LogP contribution is 2.41. The van der Waals surface area contributed by atoms with Gasteiger partial charge in [-0.25, -0.2) is 0 Å². The zero-order valence-corrected chi connectivity index (χ0v) is 23.4. The summed E-state index contributed by atoms with van der Waals surface area (Å²) in [4.78, 5) is 20.0. The number of ether oxygens (including phenoxy) is 1. The van der Waals surface area contributed by atoms with Crippen LogP contribution in [0.4, 0.5) is 0 Å². The molecule has 0 bridgehead atoms. The van der Waals surface area contributed by atoms with Gasteiger partial charge in [-0.3, -0.25) is 9.69 Å². The summed E-state index contributed by atoms with van der Waals surface area (Å²) in [5.74, 6) is 0.944. The standard InChI is InChI=1S/C33H36N2O3S/c1-38-29-20-25(10-11-26(29)22-35-17-4-5-18-35)32(37)31-28-13-12-27(36)21-30(28)39-33(31)24-8-6-23(7-9-24)14-19-34-15-2-3-16-34/h6-13,20-21,36H,2-5,14-19,22H2,1H3. The van der Waals surface area contributed by atoms with Crippen molar-refractivity contribution in [3.05, 3.63) is 82.9 Å². The van der Waals surface area contributed by atoms with Gasteiger partial charge in [-0.1, -0.05) is 36.4 Å². The van der Waals surface area contributed by atoms with Crippen LogP contribution in [-0.2, 0) is 13.0 Å². The van der Waals surface area contributed by atoms with E-state index in [2.05, 4.69) is 34.1 Å². The van der Waals surface area contributed by atoms with Crippen molar-refractivity contribution in [1.29, 1.82) is 0 Å². The number of carbonyl (C=O) groups is 1. The van der Waals surface area contributed by atoms with Crippen LogP contribution in [0.3, 0.4) is 0 Å². The van der Waals surface area contributed by atoms with Crippen LogP contribution in [0.15, 0.2) is 60.7 Å². The predicted octanol–water partition coefficient (Wildman–Crippen LogP) is 6.75. The highest BCUT2D eigenvalue weighted by Gasteiger charge is 2.23. The number of phenols is 1. The number of nitrogens with zero attached hydrogens (tertiary/aromatic N) is 2. The van der Waals surface area contributed by atoms with Crippen molar-refractivity contribution in [2.24, 2.45) is 0 Å². The van der Waals surface area contributed by atoms with E-state index in [9.17, 15) is 9.90 Å². The second-order valence-corrected chi connectivity index (χ2v) is 11.9. The monoisotopic (exact) mass is 540 g/mol. The molecule has 6 rings (SSSR count). The molecule has 2 aliphatic rings. The van der Waals surface area contributed by atoms with Crippen LogP contribution in [0.25, 0.3) is 20.5 Å². The number of rotatable bonds is 9. The number of thiophene rings is 1. The smallest absolute Gasteiger partial charge is 0.195 e. The lowest BCUT2D eigenvalue weighted by Gasteiger charge is -2.17. The first kappa shape index (κ1) is 26.1. The van der Waals surface area contributed by atoms with Gasteiger partial charge in [-0.15, -0.1) is 11.3 Å². The van der Waals surface area contributed by atoms with Crippen LogP contribution >= 0.6 is 11.3 Å². The van der Waals surface area contributed by atoms with Crippen LogP contribution in [0.2, 0.25) is 0 Å². The van der Waals surface area contributed by atoms with Gasteiger partial charge < -0.3 is 14.7 Å². The summed E-state index contributed by atoms with van der Waals surface area (Å²) in [7, 11) is 1.68. The van der Waals surface area contributed by atoms with E-state index in [4.69, 9.17) is 4.74 Å². The van der Waals surface area contributed by atoms with E-state index in [-0.39, 0.29) is 11.5 Å². The summed E-state index contributed by atoms with van der Waals surface area (Å²) in [5.41, 5.74) is 4.76. The van der Waals surface area contributed by atoms with Gasteiger partial charge in [0.15, 0.2) is 5.78 Å². The topological polar surface area (TPSA) is 53.0 Å². The Balaban J connectivity index is 1.32. The molecule has 0 atom stereocenters. The van der Waals surface area contributed by atoms with Gasteiger partial charge in [0.1, 0.15) is 11.5 Å². The van der Waals surface area contributed by atoms with Gasteiger partial charge in [0.05, 0.1) is 7.11 Å². The first-order valence-corrected chi connectivity index (χ1v) is 14.9. The third-order valence-electron chi connectivity index (χ3n) is 8.17. The van der Waals surface area contributed by atoms with Crippen molar-refractivity contribution in [3.63, 3.8) is 0 Å². The Bertz CT molecular complexity index is 1460. The van der Waals surface area contributed by atoms with Crippen LogP contribution in [-0.4, -0.2) is 60.5 Å². The first-order chi connectivity index (χ1) is 19.1. The zero-order valence-electron chi connectivity index (χ0n) is 22.6. The molecule has 0 spiro atoms. The molecule has 0 amide bonds. The van der Waals surface area contributed by atoms with E-state index < -0.39 is 0 Å². The SMILES string of the molecule is COc1cc(C(=O)c2c(-c3ccc(CCN4CCCC4)cc3)sc3cc(O)ccc23)ccc1CN1CCCC1. The van der Waals surface area contributed by atoms with Crippen molar-refractivity contribution in [2.45, 2.75) is 38.6 Å². The molecule has 0 saturated carbocycles. The largest absolute Gasteiger partial charge is 0.508 e. The van der Waals surface area contributed by atoms with Crippen LogP contribution in [0.1, 0.15) is 52.7 Å². The summed E-state index contributed by atoms with van der Waals surface area (Å²) in [6.45, 7) is 6.58. The minimum Gasteiger partial charge on any atom is -0.508 e. The fourth-order valence-electron chi connectivity index (χ4n) is 5.97. The molecule has 2 aliphatic heterocycles. The number of likely N-dealkylation sites (tertiary alicyclic amines) is 2. The van der Waals surface area contributed by atoms with E-state index in [0.29, 0.717) is 11.1 Å². The number of hydrogen-bond acceptors (Lipinski definition) is 6. The molecule has 3 heterocycles. The maximum atomic E-state index is 14.1.